The van der Waals surface area contributed by atoms with Gasteiger partial charge in [-0.15, -0.1) is 0 Å². The first-order valence-electron chi connectivity index (χ1n) is 6.85. The van der Waals surface area contributed by atoms with Gasteiger partial charge in [-0.3, -0.25) is 0 Å². The van der Waals surface area contributed by atoms with E-state index in [1.165, 1.54) is 17.2 Å². The number of benzene rings is 2. The third-order valence-corrected chi connectivity index (χ3v) is 3.91. The van der Waals surface area contributed by atoms with E-state index in [0.29, 0.717) is 5.69 Å². The van der Waals surface area contributed by atoms with Gasteiger partial charge in [-0.05, 0) is 48.9 Å². The summed E-state index contributed by atoms with van der Waals surface area (Å²) in [5.74, 6) is -0.164. The van der Waals surface area contributed by atoms with Crippen molar-refractivity contribution in [2.75, 3.05) is 5.32 Å². The highest BCUT2D eigenvalue weighted by molar-refractivity contribution is 5.54. The number of para-hydroxylation sites is 1. The van der Waals surface area contributed by atoms with Gasteiger partial charge in [-0.1, -0.05) is 36.4 Å². The summed E-state index contributed by atoms with van der Waals surface area (Å²) >= 11 is 0. The highest BCUT2D eigenvalue weighted by Crippen LogP contribution is 2.33. The number of aryl methyl sites for hydroxylation is 2. The molecule has 3 rings (SSSR count). The normalized spacial score (nSPS) is 17.9. The maximum atomic E-state index is 13.9. The van der Waals surface area contributed by atoms with Crippen LogP contribution in [-0.2, 0) is 6.42 Å². The Labute approximate surface area is 113 Å². The van der Waals surface area contributed by atoms with Crippen LogP contribution in [0.3, 0.4) is 0 Å². The molecule has 0 radical (unpaired) electrons. The Bertz CT molecular complexity index is 571. The predicted molar refractivity (Wildman–Crippen MR) is 76.9 cm³/mol. The van der Waals surface area contributed by atoms with Gasteiger partial charge in [0.1, 0.15) is 5.82 Å². The maximum absolute atomic E-state index is 13.9. The Kier molecular flexibility index (Phi) is 3.24. The van der Waals surface area contributed by atoms with Crippen LogP contribution in [0.5, 0.6) is 0 Å². The minimum absolute atomic E-state index is 0.164. The van der Waals surface area contributed by atoms with E-state index in [0.717, 1.165) is 24.8 Å². The largest absolute Gasteiger partial charge is 0.376 e. The number of hydrogen-bond donors (Lipinski definition) is 1. The Hall–Kier alpha value is -1.83. The number of hydrogen-bond acceptors (Lipinski definition) is 1. The SMILES string of the molecule is Cc1cccc(F)c1NC1CCCc2ccccc21. The molecule has 0 amide bonds. The smallest absolute Gasteiger partial charge is 0.146 e. The first-order valence-corrected chi connectivity index (χ1v) is 6.85. The lowest BCUT2D eigenvalue weighted by molar-refractivity contribution is 0.585. The highest BCUT2D eigenvalue weighted by Gasteiger charge is 2.20. The molecule has 0 heterocycles. The van der Waals surface area contributed by atoms with Crippen LogP contribution in [0.15, 0.2) is 42.5 Å². The summed E-state index contributed by atoms with van der Waals surface area (Å²) in [6.45, 7) is 1.94. The molecule has 2 aromatic carbocycles. The van der Waals surface area contributed by atoms with Gasteiger partial charge in [0.2, 0.25) is 0 Å². The third-order valence-electron chi connectivity index (χ3n) is 3.91. The zero-order valence-electron chi connectivity index (χ0n) is 11.1. The number of halogens is 1. The van der Waals surface area contributed by atoms with Crippen LogP contribution in [0, 0.1) is 12.7 Å². The molecule has 1 atom stereocenters. The minimum atomic E-state index is -0.164. The van der Waals surface area contributed by atoms with Crippen molar-refractivity contribution in [1.29, 1.82) is 0 Å². The molecule has 0 aromatic heterocycles. The Balaban J connectivity index is 1.93. The Morgan fingerprint density at radius 3 is 2.79 bits per heavy atom. The summed E-state index contributed by atoms with van der Waals surface area (Å²) in [4.78, 5) is 0. The zero-order chi connectivity index (χ0) is 13.2. The average molecular weight is 255 g/mol. The number of anilines is 1. The summed E-state index contributed by atoms with van der Waals surface area (Å²) in [6, 6.07) is 13.9. The molecule has 0 aliphatic heterocycles. The van der Waals surface area contributed by atoms with Crippen LogP contribution in [0.4, 0.5) is 10.1 Å². The van der Waals surface area contributed by atoms with Crippen molar-refractivity contribution in [3.8, 4) is 0 Å². The van der Waals surface area contributed by atoms with Crippen molar-refractivity contribution < 1.29 is 4.39 Å². The Morgan fingerprint density at radius 2 is 1.95 bits per heavy atom. The Morgan fingerprint density at radius 1 is 1.11 bits per heavy atom. The molecule has 1 N–H and O–H groups in total. The van der Waals surface area contributed by atoms with Crippen LogP contribution in [-0.4, -0.2) is 0 Å². The van der Waals surface area contributed by atoms with Gasteiger partial charge in [0.25, 0.3) is 0 Å². The second kappa shape index (κ2) is 5.04. The molecular weight excluding hydrogens is 237 g/mol. The fourth-order valence-corrected chi connectivity index (χ4v) is 2.89. The van der Waals surface area contributed by atoms with E-state index in [1.807, 2.05) is 13.0 Å². The molecule has 2 heteroatoms. The molecule has 0 spiro atoms. The maximum Gasteiger partial charge on any atom is 0.146 e. The summed E-state index contributed by atoms with van der Waals surface area (Å²) in [5.41, 5.74) is 4.31. The molecule has 1 unspecified atom stereocenters. The lowest BCUT2D eigenvalue weighted by Gasteiger charge is -2.28. The van der Waals surface area contributed by atoms with Crippen molar-refractivity contribution >= 4 is 5.69 Å². The monoisotopic (exact) mass is 255 g/mol. The molecule has 0 fully saturated rings. The lowest BCUT2D eigenvalue weighted by Crippen LogP contribution is -2.18. The molecule has 1 nitrogen and oxygen atoms in total. The predicted octanol–water partition coefficient (Wildman–Crippen LogP) is 4.62. The van der Waals surface area contributed by atoms with Gasteiger partial charge >= 0.3 is 0 Å². The fourth-order valence-electron chi connectivity index (χ4n) is 2.89. The van der Waals surface area contributed by atoms with Crippen LogP contribution in [0.1, 0.15) is 35.6 Å². The molecule has 1 aliphatic rings. The highest BCUT2D eigenvalue weighted by atomic mass is 19.1. The molecule has 1 aliphatic carbocycles. The van der Waals surface area contributed by atoms with Gasteiger partial charge in [0.05, 0.1) is 11.7 Å². The lowest BCUT2D eigenvalue weighted by atomic mass is 9.87. The van der Waals surface area contributed by atoms with E-state index in [-0.39, 0.29) is 11.9 Å². The van der Waals surface area contributed by atoms with Crippen LogP contribution >= 0.6 is 0 Å². The zero-order valence-corrected chi connectivity index (χ0v) is 11.1. The number of fused-ring (bicyclic) bond motifs is 1. The van der Waals surface area contributed by atoms with E-state index in [1.54, 1.807) is 6.07 Å². The first kappa shape index (κ1) is 12.2. The van der Waals surface area contributed by atoms with E-state index < -0.39 is 0 Å². The van der Waals surface area contributed by atoms with Crippen molar-refractivity contribution in [1.82, 2.24) is 0 Å². The molecule has 0 bridgehead atoms. The van der Waals surface area contributed by atoms with Crippen molar-refractivity contribution in [2.24, 2.45) is 0 Å². The van der Waals surface area contributed by atoms with E-state index >= 15 is 0 Å². The quantitative estimate of drug-likeness (QED) is 0.825. The van der Waals surface area contributed by atoms with Crippen LogP contribution < -0.4 is 5.32 Å². The number of rotatable bonds is 2. The third kappa shape index (κ3) is 2.35. The summed E-state index contributed by atoms with van der Waals surface area (Å²) in [7, 11) is 0. The van der Waals surface area contributed by atoms with Crippen LogP contribution in [0.2, 0.25) is 0 Å². The molecule has 0 saturated carbocycles. The summed E-state index contributed by atoms with van der Waals surface area (Å²) < 4.78 is 13.9. The van der Waals surface area contributed by atoms with Gasteiger partial charge < -0.3 is 5.32 Å². The van der Waals surface area contributed by atoms with E-state index in [2.05, 4.69) is 29.6 Å². The molecular formula is C17H18FN. The molecule has 98 valence electrons. The van der Waals surface area contributed by atoms with Crippen molar-refractivity contribution in [3.63, 3.8) is 0 Å². The second-order valence-corrected chi connectivity index (χ2v) is 5.22. The van der Waals surface area contributed by atoms with Crippen molar-refractivity contribution in [2.45, 2.75) is 32.2 Å². The summed E-state index contributed by atoms with van der Waals surface area (Å²) in [5, 5.41) is 3.40. The minimum Gasteiger partial charge on any atom is -0.376 e. The van der Waals surface area contributed by atoms with Gasteiger partial charge in [0, 0.05) is 0 Å². The topological polar surface area (TPSA) is 12.0 Å². The molecule has 0 saturated heterocycles. The van der Waals surface area contributed by atoms with Crippen LogP contribution in [0.25, 0.3) is 0 Å². The molecule has 19 heavy (non-hydrogen) atoms. The van der Waals surface area contributed by atoms with Crippen molar-refractivity contribution in [3.05, 3.63) is 65.0 Å². The second-order valence-electron chi connectivity index (χ2n) is 5.22. The molecule has 2 aromatic rings. The number of nitrogens with one attached hydrogen (secondary N) is 1. The van der Waals surface area contributed by atoms with E-state index in [9.17, 15) is 4.39 Å². The average Bonchev–Trinajstić information content (AvgIpc) is 2.43. The van der Waals surface area contributed by atoms with E-state index in [4.69, 9.17) is 0 Å². The van der Waals surface area contributed by atoms with Gasteiger partial charge in [-0.2, -0.15) is 0 Å². The summed E-state index contributed by atoms with van der Waals surface area (Å²) in [6.07, 6.45) is 3.34. The van der Waals surface area contributed by atoms with Gasteiger partial charge in [0.15, 0.2) is 0 Å². The fraction of sp³-hybridized carbons (Fsp3) is 0.294. The van der Waals surface area contributed by atoms with Gasteiger partial charge in [-0.25, -0.2) is 4.39 Å². The first-order chi connectivity index (χ1) is 9.25. The standard InChI is InChI=1S/C17H18FN/c1-12-6-4-10-15(18)17(12)19-16-11-5-8-13-7-2-3-9-14(13)16/h2-4,6-7,9-10,16,19H,5,8,11H2,1H3.